The number of rotatable bonds is 4. The van der Waals surface area contributed by atoms with Crippen molar-refractivity contribution in [2.24, 2.45) is 10.9 Å². The Morgan fingerprint density at radius 3 is 2.80 bits per heavy atom. The molecular formula is C19H22ClN3O2. The van der Waals surface area contributed by atoms with Crippen LogP contribution in [0.5, 0.6) is 11.5 Å². The second-order valence-corrected chi connectivity index (χ2v) is 6.43. The molecule has 1 N–H and O–H groups in total. The lowest BCUT2D eigenvalue weighted by Gasteiger charge is -2.18. The number of nitriles is 1. The Kier molecular flexibility index (Phi) is 6.49. The molecule has 6 heteroatoms. The van der Waals surface area contributed by atoms with Crippen molar-refractivity contribution in [1.82, 2.24) is 0 Å². The van der Waals surface area contributed by atoms with Gasteiger partial charge < -0.3 is 14.8 Å². The van der Waals surface area contributed by atoms with Gasteiger partial charge in [-0.3, -0.25) is 0 Å². The highest BCUT2D eigenvalue weighted by atomic mass is 35.5. The monoisotopic (exact) mass is 359 g/mol. The molecule has 0 aliphatic carbocycles. The Morgan fingerprint density at radius 1 is 1.40 bits per heavy atom. The maximum Gasteiger partial charge on any atom is 0.149 e. The van der Waals surface area contributed by atoms with Crippen LogP contribution in [0.1, 0.15) is 27.2 Å². The molecule has 1 aromatic rings. The van der Waals surface area contributed by atoms with Crippen LogP contribution in [0.2, 0.25) is 0 Å². The summed E-state index contributed by atoms with van der Waals surface area (Å²) in [4.78, 5) is 4.34. The van der Waals surface area contributed by atoms with Crippen LogP contribution in [0.25, 0.3) is 0 Å². The Hall–Kier alpha value is -2.45. The van der Waals surface area contributed by atoms with Gasteiger partial charge in [-0.05, 0) is 44.4 Å². The quantitative estimate of drug-likeness (QED) is 0.779. The Bertz CT molecular complexity index is 760. The molecule has 0 fully saturated rings. The van der Waals surface area contributed by atoms with E-state index in [4.69, 9.17) is 21.1 Å². The second-order valence-electron chi connectivity index (χ2n) is 6.05. The third kappa shape index (κ3) is 5.27. The molecule has 0 saturated heterocycles. The fraction of sp³-hybridized carbons (Fsp3) is 0.368. The number of nitrogens with one attached hydrogen (secondary N) is 1. The van der Waals surface area contributed by atoms with Gasteiger partial charge in [0.2, 0.25) is 0 Å². The minimum Gasteiger partial charge on any atom is -0.497 e. The number of amidine groups is 1. The fourth-order valence-electron chi connectivity index (χ4n) is 2.32. The maximum absolute atomic E-state index is 9.50. The summed E-state index contributed by atoms with van der Waals surface area (Å²) in [7, 11) is 1.60. The molecule has 2 rings (SSSR count). The van der Waals surface area contributed by atoms with Crippen LogP contribution in [0.15, 0.2) is 46.1 Å². The summed E-state index contributed by atoms with van der Waals surface area (Å²) in [6.45, 7) is 5.92. The van der Waals surface area contributed by atoms with Gasteiger partial charge in [0.15, 0.2) is 0 Å². The summed E-state index contributed by atoms with van der Waals surface area (Å²) in [6.07, 6.45) is 4.46. The lowest BCUT2D eigenvalue weighted by atomic mass is 10.0. The van der Waals surface area contributed by atoms with Gasteiger partial charge in [0, 0.05) is 6.07 Å². The van der Waals surface area contributed by atoms with E-state index < -0.39 is 0 Å². The number of hydrogen-bond acceptors (Lipinski definition) is 5. The summed E-state index contributed by atoms with van der Waals surface area (Å²) in [5, 5.41) is 13.0. The number of benzene rings is 1. The van der Waals surface area contributed by atoms with Crippen LogP contribution in [0, 0.1) is 17.2 Å². The van der Waals surface area contributed by atoms with E-state index >= 15 is 0 Å². The van der Waals surface area contributed by atoms with Gasteiger partial charge in [0.25, 0.3) is 0 Å². The first kappa shape index (κ1) is 18.9. The van der Waals surface area contributed by atoms with Crippen LogP contribution in [-0.2, 0) is 0 Å². The SMILES string of the molecule is COc1ccc(NC2=N/C(Cl)=C/CC(C)/C=C\2C#N)c(OC(C)C)c1. The number of methoxy groups -OCH3 is 1. The molecule has 1 atom stereocenters. The van der Waals surface area contributed by atoms with Crippen LogP contribution < -0.4 is 14.8 Å². The van der Waals surface area contributed by atoms with E-state index in [0.29, 0.717) is 33.8 Å². The average molecular weight is 360 g/mol. The first-order valence-corrected chi connectivity index (χ1v) is 8.49. The second kappa shape index (κ2) is 8.59. The highest BCUT2D eigenvalue weighted by Crippen LogP contribution is 2.31. The Morgan fingerprint density at radius 2 is 2.16 bits per heavy atom. The topological polar surface area (TPSA) is 66.6 Å². The van der Waals surface area contributed by atoms with Crippen LogP contribution in [0.3, 0.4) is 0 Å². The first-order valence-electron chi connectivity index (χ1n) is 8.11. The van der Waals surface area contributed by atoms with Crippen LogP contribution in [-0.4, -0.2) is 19.0 Å². The van der Waals surface area contributed by atoms with Crippen molar-refractivity contribution in [3.8, 4) is 17.6 Å². The Labute approximate surface area is 153 Å². The standard InChI is InChI=1S/C19H22ClN3O2/c1-12(2)25-17-10-15(24-4)6-7-16(17)22-19-14(11-21)9-13(3)5-8-18(20)23-19/h6-10,12-13H,5H2,1-4H3,(H,22,23)/b14-9-,18-8+. The lowest BCUT2D eigenvalue weighted by Crippen LogP contribution is -2.18. The molecule has 5 nitrogen and oxygen atoms in total. The van der Waals surface area contributed by atoms with E-state index in [9.17, 15) is 5.26 Å². The number of aliphatic imine (C=N–C) groups is 1. The van der Waals surface area contributed by atoms with Crippen LogP contribution in [0.4, 0.5) is 5.69 Å². The van der Waals surface area contributed by atoms with E-state index in [1.807, 2.05) is 45.1 Å². The molecule has 0 radical (unpaired) electrons. The molecule has 132 valence electrons. The smallest absolute Gasteiger partial charge is 0.149 e. The summed E-state index contributed by atoms with van der Waals surface area (Å²) >= 11 is 6.16. The molecule has 1 unspecified atom stereocenters. The molecule has 0 spiro atoms. The number of hydrogen-bond donors (Lipinski definition) is 1. The Balaban J connectivity index is 2.43. The molecule has 1 aliphatic rings. The fourth-order valence-corrected chi connectivity index (χ4v) is 2.50. The number of ether oxygens (including phenoxy) is 2. The minimum absolute atomic E-state index is 0.0126. The van der Waals surface area contributed by atoms with Crippen molar-refractivity contribution in [3.05, 3.63) is 41.1 Å². The van der Waals surface area contributed by atoms with E-state index in [1.165, 1.54) is 0 Å². The van der Waals surface area contributed by atoms with Crippen molar-refractivity contribution < 1.29 is 9.47 Å². The molecule has 0 saturated carbocycles. The zero-order chi connectivity index (χ0) is 18.4. The molecule has 1 aromatic carbocycles. The van der Waals surface area contributed by atoms with Crippen LogP contribution >= 0.6 is 11.6 Å². The van der Waals surface area contributed by atoms with Crippen molar-refractivity contribution in [1.29, 1.82) is 5.26 Å². The predicted octanol–water partition coefficient (Wildman–Crippen LogP) is 4.86. The molecular weight excluding hydrogens is 338 g/mol. The van der Waals surface area contributed by atoms with Gasteiger partial charge in [-0.1, -0.05) is 24.6 Å². The summed E-state index contributed by atoms with van der Waals surface area (Å²) in [6, 6.07) is 7.63. The number of allylic oxidation sites excluding steroid dienone is 2. The largest absolute Gasteiger partial charge is 0.497 e. The summed E-state index contributed by atoms with van der Waals surface area (Å²) < 4.78 is 11.1. The zero-order valence-corrected chi connectivity index (χ0v) is 15.6. The van der Waals surface area contributed by atoms with Crippen molar-refractivity contribution in [2.75, 3.05) is 12.4 Å². The average Bonchev–Trinajstić information content (AvgIpc) is 2.57. The van der Waals surface area contributed by atoms with E-state index in [-0.39, 0.29) is 12.0 Å². The number of anilines is 1. The van der Waals surface area contributed by atoms with E-state index in [1.54, 1.807) is 13.2 Å². The highest BCUT2D eigenvalue weighted by Gasteiger charge is 2.16. The van der Waals surface area contributed by atoms with Gasteiger partial charge in [0.05, 0.1) is 24.5 Å². The van der Waals surface area contributed by atoms with E-state index in [0.717, 1.165) is 6.42 Å². The normalized spacial score (nSPS) is 23.7. The van der Waals surface area contributed by atoms with Crippen molar-refractivity contribution in [2.45, 2.75) is 33.3 Å². The van der Waals surface area contributed by atoms with Gasteiger partial charge in [-0.25, -0.2) is 4.99 Å². The molecule has 1 aliphatic heterocycles. The summed E-state index contributed by atoms with van der Waals surface area (Å²) in [5.74, 6) is 1.89. The minimum atomic E-state index is -0.0126. The predicted molar refractivity (Wildman–Crippen MR) is 101 cm³/mol. The van der Waals surface area contributed by atoms with Gasteiger partial charge >= 0.3 is 0 Å². The van der Waals surface area contributed by atoms with Crippen molar-refractivity contribution in [3.63, 3.8) is 0 Å². The molecule has 1 heterocycles. The molecule has 0 aromatic heterocycles. The summed E-state index contributed by atoms with van der Waals surface area (Å²) in [5.41, 5.74) is 1.14. The van der Waals surface area contributed by atoms with Gasteiger partial charge in [-0.15, -0.1) is 0 Å². The third-order valence-electron chi connectivity index (χ3n) is 3.51. The van der Waals surface area contributed by atoms with Gasteiger partial charge in [-0.2, -0.15) is 5.26 Å². The van der Waals surface area contributed by atoms with Crippen molar-refractivity contribution >= 4 is 23.1 Å². The molecule has 25 heavy (non-hydrogen) atoms. The molecule has 0 amide bonds. The highest BCUT2D eigenvalue weighted by molar-refractivity contribution is 6.30. The van der Waals surface area contributed by atoms with Gasteiger partial charge in [0.1, 0.15) is 28.6 Å². The first-order chi connectivity index (χ1) is 11.9. The lowest BCUT2D eigenvalue weighted by molar-refractivity contribution is 0.242. The molecule has 0 bridgehead atoms. The third-order valence-corrected chi connectivity index (χ3v) is 3.75. The zero-order valence-electron chi connectivity index (χ0n) is 14.8. The number of nitrogens with zero attached hydrogens (tertiary/aromatic N) is 2. The number of halogens is 1. The van der Waals surface area contributed by atoms with E-state index in [2.05, 4.69) is 16.4 Å². The maximum atomic E-state index is 9.50.